The second kappa shape index (κ2) is 7.62. The zero-order chi connectivity index (χ0) is 15.2. The van der Waals surface area contributed by atoms with E-state index in [2.05, 4.69) is 49.0 Å². The lowest BCUT2D eigenvalue weighted by Crippen LogP contribution is -2.35. The van der Waals surface area contributed by atoms with Crippen LogP contribution in [-0.4, -0.2) is 29.1 Å². The third-order valence-electron chi connectivity index (χ3n) is 4.25. The molecule has 1 unspecified atom stereocenters. The van der Waals surface area contributed by atoms with Gasteiger partial charge in [-0.2, -0.15) is 0 Å². The van der Waals surface area contributed by atoms with Crippen molar-refractivity contribution in [3.63, 3.8) is 0 Å². The highest BCUT2D eigenvalue weighted by Gasteiger charge is 2.22. The number of hydrogen-bond acceptors (Lipinski definition) is 4. The minimum Gasteiger partial charge on any atom is -0.370 e. The van der Waals surface area contributed by atoms with Crippen LogP contribution in [0.5, 0.6) is 0 Å². The summed E-state index contributed by atoms with van der Waals surface area (Å²) in [6.45, 7) is 10.7. The summed E-state index contributed by atoms with van der Waals surface area (Å²) in [5, 5.41) is 3.35. The summed E-state index contributed by atoms with van der Waals surface area (Å²) >= 11 is 0. The van der Waals surface area contributed by atoms with Crippen molar-refractivity contribution < 1.29 is 0 Å². The van der Waals surface area contributed by atoms with Crippen molar-refractivity contribution in [2.45, 2.75) is 71.8 Å². The van der Waals surface area contributed by atoms with Gasteiger partial charge in [0.25, 0.3) is 0 Å². The summed E-state index contributed by atoms with van der Waals surface area (Å²) in [5.74, 6) is 3.38. The molecule has 1 aliphatic rings. The Morgan fingerprint density at radius 3 is 2.71 bits per heavy atom. The quantitative estimate of drug-likeness (QED) is 0.882. The van der Waals surface area contributed by atoms with E-state index in [1.807, 2.05) is 0 Å². The molecule has 0 saturated carbocycles. The molecule has 0 aliphatic carbocycles. The Bertz CT molecular complexity index is 444. The molecule has 0 aromatic carbocycles. The van der Waals surface area contributed by atoms with Crippen molar-refractivity contribution in [3.05, 3.63) is 11.9 Å². The van der Waals surface area contributed by atoms with E-state index in [9.17, 15) is 0 Å². The lowest BCUT2D eigenvalue weighted by atomic mass is 10.1. The number of anilines is 2. The predicted octanol–water partition coefficient (Wildman–Crippen LogP) is 4.19. The molecule has 2 rings (SSSR count). The minimum absolute atomic E-state index is 0.356. The fraction of sp³-hybridized carbons (Fsp3) is 0.765. The van der Waals surface area contributed by atoms with Crippen LogP contribution in [-0.2, 0) is 0 Å². The molecule has 2 heterocycles. The van der Waals surface area contributed by atoms with Gasteiger partial charge in [-0.15, -0.1) is 0 Å². The largest absolute Gasteiger partial charge is 0.370 e. The number of nitrogens with one attached hydrogen (secondary N) is 1. The highest BCUT2D eigenvalue weighted by molar-refractivity contribution is 5.50. The van der Waals surface area contributed by atoms with Crippen molar-refractivity contribution in [2.75, 3.05) is 23.3 Å². The molecule has 0 spiro atoms. The van der Waals surface area contributed by atoms with Crippen LogP contribution in [0.25, 0.3) is 0 Å². The molecule has 21 heavy (non-hydrogen) atoms. The van der Waals surface area contributed by atoms with Gasteiger partial charge in [0.2, 0.25) is 0 Å². The van der Waals surface area contributed by atoms with Crippen LogP contribution in [0.1, 0.15) is 71.5 Å². The summed E-state index contributed by atoms with van der Waals surface area (Å²) < 4.78 is 0. The molecule has 1 fully saturated rings. The Balaban J connectivity index is 2.34. The van der Waals surface area contributed by atoms with E-state index in [4.69, 9.17) is 4.98 Å². The minimum atomic E-state index is 0.356. The molecule has 1 aliphatic heterocycles. The van der Waals surface area contributed by atoms with Crippen molar-refractivity contribution >= 4 is 11.6 Å². The van der Waals surface area contributed by atoms with Gasteiger partial charge in [0, 0.05) is 31.1 Å². The summed E-state index contributed by atoms with van der Waals surface area (Å²) in [5.41, 5.74) is 0. The first-order valence-corrected chi connectivity index (χ1v) is 8.55. The van der Waals surface area contributed by atoms with Gasteiger partial charge in [0.1, 0.15) is 17.5 Å². The van der Waals surface area contributed by atoms with Gasteiger partial charge in [-0.3, -0.25) is 0 Å². The van der Waals surface area contributed by atoms with E-state index in [-0.39, 0.29) is 0 Å². The number of hydrogen-bond donors (Lipinski definition) is 1. The molecule has 1 saturated heterocycles. The second-order valence-corrected chi connectivity index (χ2v) is 6.26. The van der Waals surface area contributed by atoms with Crippen molar-refractivity contribution in [3.8, 4) is 0 Å². The summed E-state index contributed by atoms with van der Waals surface area (Å²) in [7, 11) is 0. The van der Waals surface area contributed by atoms with Crippen LogP contribution in [0.2, 0.25) is 0 Å². The predicted molar refractivity (Wildman–Crippen MR) is 90.2 cm³/mol. The van der Waals surface area contributed by atoms with Crippen LogP contribution in [0.15, 0.2) is 6.07 Å². The van der Waals surface area contributed by atoms with Crippen LogP contribution in [0.4, 0.5) is 11.6 Å². The Kier molecular flexibility index (Phi) is 5.83. The maximum Gasteiger partial charge on any atom is 0.135 e. The Hall–Kier alpha value is -1.32. The zero-order valence-corrected chi connectivity index (χ0v) is 14.0. The van der Waals surface area contributed by atoms with Crippen molar-refractivity contribution in [1.29, 1.82) is 0 Å². The first-order valence-electron chi connectivity index (χ1n) is 8.55. The SMILES string of the molecule is CCNc1cc(N2CCCCCC2CC)nc(C(C)C)n1. The third-order valence-corrected chi connectivity index (χ3v) is 4.25. The van der Waals surface area contributed by atoms with E-state index < -0.39 is 0 Å². The Morgan fingerprint density at radius 1 is 1.24 bits per heavy atom. The topological polar surface area (TPSA) is 41.0 Å². The molecule has 1 atom stereocenters. The maximum atomic E-state index is 4.85. The van der Waals surface area contributed by atoms with Gasteiger partial charge in [-0.05, 0) is 26.2 Å². The van der Waals surface area contributed by atoms with Gasteiger partial charge >= 0.3 is 0 Å². The van der Waals surface area contributed by atoms with E-state index in [1.165, 1.54) is 32.1 Å². The number of aromatic nitrogens is 2. The first-order chi connectivity index (χ1) is 10.2. The molecule has 0 bridgehead atoms. The first kappa shape index (κ1) is 16.1. The summed E-state index contributed by atoms with van der Waals surface area (Å²) in [6.07, 6.45) is 6.44. The molecule has 1 N–H and O–H groups in total. The van der Waals surface area contributed by atoms with Crippen molar-refractivity contribution in [2.24, 2.45) is 0 Å². The van der Waals surface area contributed by atoms with Gasteiger partial charge < -0.3 is 10.2 Å². The molecule has 0 amide bonds. The fourth-order valence-electron chi connectivity index (χ4n) is 3.03. The molecule has 118 valence electrons. The maximum absolute atomic E-state index is 4.85. The Morgan fingerprint density at radius 2 is 2.05 bits per heavy atom. The monoisotopic (exact) mass is 290 g/mol. The van der Waals surface area contributed by atoms with E-state index in [0.717, 1.165) is 30.5 Å². The lowest BCUT2D eigenvalue weighted by molar-refractivity contribution is 0.550. The number of rotatable bonds is 5. The molecule has 1 aromatic heterocycles. The van der Waals surface area contributed by atoms with Crippen LogP contribution in [0.3, 0.4) is 0 Å². The van der Waals surface area contributed by atoms with Crippen LogP contribution >= 0.6 is 0 Å². The highest BCUT2D eigenvalue weighted by atomic mass is 15.2. The van der Waals surface area contributed by atoms with Crippen LogP contribution in [0, 0.1) is 0 Å². The summed E-state index contributed by atoms with van der Waals surface area (Å²) in [4.78, 5) is 12.0. The molecule has 4 nitrogen and oxygen atoms in total. The molecular formula is C17H30N4. The molecule has 1 aromatic rings. The normalized spacial score (nSPS) is 19.7. The van der Waals surface area contributed by atoms with E-state index in [1.54, 1.807) is 0 Å². The van der Waals surface area contributed by atoms with Crippen LogP contribution < -0.4 is 10.2 Å². The third kappa shape index (κ3) is 4.08. The standard InChI is InChI=1S/C17H30N4/c1-5-14-10-8-7-9-11-21(14)16-12-15(18-6-2)19-17(20-16)13(3)4/h12-14H,5-11H2,1-4H3,(H,18,19,20). The lowest BCUT2D eigenvalue weighted by Gasteiger charge is -2.31. The smallest absolute Gasteiger partial charge is 0.135 e. The van der Waals surface area contributed by atoms with Gasteiger partial charge in [-0.25, -0.2) is 9.97 Å². The van der Waals surface area contributed by atoms with Crippen molar-refractivity contribution in [1.82, 2.24) is 9.97 Å². The Labute approximate surface area is 129 Å². The van der Waals surface area contributed by atoms with Gasteiger partial charge in [0.05, 0.1) is 0 Å². The molecule has 0 radical (unpaired) electrons. The molecule has 4 heteroatoms. The summed E-state index contributed by atoms with van der Waals surface area (Å²) in [6, 6.07) is 2.75. The average molecular weight is 290 g/mol. The van der Waals surface area contributed by atoms with Gasteiger partial charge in [0.15, 0.2) is 0 Å². The van der Waals surface area contributed by atoms with E-state index >= 15 is 0 Å². The average Bonchev–Trinajstić information content (AvgIpc) is 2.72. The second-order valence-electron chi connectivity index (χ2n) is 6.26. The highest BCUT2D eigenvalue weighted by Crippen LogP contribution is 2.27. The van der Waals surface area contributed by atoms with E-state index in [0.29, 0.717) is 12.0 Å². The molecular weight excluding hydrogens is 260 g/mol. The van der Waals surface area contributed by atoms with Gasteiger partial charge in [-0.1, -0.05) is 33.6 Å². The fourth-order valence-corrected chi connectivity index (χ4v) is 3.03. The zero-order valence-electron chi connectivity index (χ0n) is 14.0. The number of nitrogens with zero attached hydrogens (tertiary/aromatic N) is 3.